The van der Waals surface area contributed by atoms with Crippen molar-refractivity contribution < 1.29 is 28.6 Å². The molecule has 0 radical (unpaired) electrons. The maximum atomic E-state index is 13.0. The van der Waals surface area contributed by atoms with Crippen LogP contribution < -0.4 is 5.32 Å². The maximum absolute atomic E-state index is 13.0. The monoisotopic (exact) mass is 427 g/mol. The number of methoxy groups -OCH3 is 1. The molecule has 2 aromatic carbocycles. The molecule has 0 saturated heterocycles. The van der Waals surface area contributed by atoms with Gasteiger partial charge in [-0.15, -0.1) is 0 Å². The van der Waals surface area contributed by atoms with Crippen LogP contribution in [0.2, 0.25) is 0 Å². The highest BCUT2D eigenvalue weighted by Crippen LogP contribution is 2.26. The van der Waals surface area contributed by atoms with Gasteiger partial charge in [0.15, 0.2) is 0 Å². The van der Waals surface area contributed by atoms with Crippen molar-refractivity contribution in [2.45, 2.75) is 44.8 Å². The van der Waals surface area contributed by atoms with Gasteiger partial charge in [-0.25, -0.2) is 9.59 Å². The molecule has 2 unspecified atom stereocenters. The molecule has 0 aromatic heterocycles. The topological polar surface area (TPSA) is 90.9 Å². The lowest BCUT2D eigenvalue weighted by Crippen LogP contribution is -2.46. The summed E-state index contributed by atoms with van der Waals surface area (Å²) in [6.07, 6.45) is 0.729. The Balaban J connectivity index is 2.24. The zero-order valence-electron chi connectivity index (χ0n) is 17.9. The van der Waals surface area contributed by atoms with Crippen molar-refractivity contribution in [2.75, 3.05) is 13.7 Å². The van der Waals surface area contributed by atoms with Gasteiger partial charge in [-0.3, -0.25) is 4.79 Å². The second kappa shape index (κ2) is 13.1. The molecule has 2 rings (SSSR count). The molecule has 2 atom stereocenters. The summed E-state index contributed by atoms with van der Waals surface area (Å²) in [6, 6.07) is 17.1. The molecule has 2 aromatic rings. The molecule has 0 spiro atoms. The van der Waals surface area contributed by atoms with Crippen molar-refractivity contribution in [3.63, 3.8) is 0 Å². The fourth-order valence-corrected chi connectivity index (χ4v) is 3.01. The van der Waals surface area contributed by atoms with E-state index in [0.717, 1.165) is 12.0 Å². The van der Waals surface area contributed by atoms with Crippen LogP contribution in [0.3, 0.4) is 0 Å². The molecule has 0 fully saturated rings. The summed E-state index contributed by atoms with van der Waals surface area (Å²) < 4.78 is 15.5. The number of amides is 1. The molecular weight excluding hydrogens is 398 g/mol. The zero-order valence-corrected chi connectivity index (χ0v) is 17.9. The summed E-state index contributed by atoms with van der Waals surface area (Å²) in [5, 5.41) is 2.60. The summed E-state index contributed by atoms with van der Waals surface area (Å²) in [6.45, 7) is 2.26. The Kier molecular flexibility index (Phi) is 10.1. The van der Waals surface area contributed by atoms with Crippen LogP contribution in [-0.2, 0) is 30.4 Å². The number of carbonyl (C=O) groups is 3. The van der Waals surface area contributed by atoms with Gasteiger partial charge in [-0.05, 0) is 17.5 Å². The number of hydrogen-bond donors (Lipinski definition) is 1. The summed E-state index contributed by atoms with van der Waals surface area (Å²) in [7, 11) is 1.28. The van der Waals surface area contributed by atoms with Crippen molar-refractivity contribution in [1.29, 1.82) is 0 Å². The van der Waals surface area contributed by atoms with Gasteiger partial charge in [-0.1, -0.05) is 74.0 Å². The number of rotatable bonds is 11. The van der Waals surface area contributed by atoms with Crippen LogP contribution in [0.25, 0.3) is 0 Å². The molecule has 166 valence electrons. The van der Waals surface area contributed by atoms with Gasteiger partial charge in [0, 0.05) is 5.92 Å². The van der Waals surface area contributed by atoms with Crippen LogP contribution >= 0.6 is 0 Å². The molecule has 1 amide bonds. The van der Waals surface area contributed by atoms with Crippen LogP contribution in [0.15, 0.2) is 60.7 Å². The normalized spacial score (nSPS) is 12.3. The predicted octanol–water partition coefficient (Wildman–Crippen LogP) is 3.97. The standard InChI is InChI=1S/C24H29NO6/c1-3-4-15-30-24(28)25-22(23(27)31-17-18-11-7-5-8-12-18)20(16-21(26)29-2)19-13-9-6-10-14-19/h5-14,20,22H,3-4,15-17H2,1-2H3,(H,25,28). The van der Waals surface area contributed by atoms with Crippen molar-refractivity contribution in [3.8, 4) is 0 Å². The van der Waals surface area contributed by atoms with Gasteiger partial charge in [0.1, 0.15) is 12.6 Å². The predicted molar refractivity (Wildman–Crippen MR) is 115 cm³/mol. The number of hydrogen-bond acceptors (Lipinski definition) is 6. The van der Waals surface area contributed by atoms with E-state index < -0.39 is 30.0 Å². The Morgan fingerprint density at radius 1 is 0.935 bits per heavy atom. The van der Waals surface area contributed by atoms with E-state index >= 15 is 0 Å². The van der Waals surface area contributed by atoms with Crippen molar-refractivity contribution >= 4 is 18.0 Å². The Morgan fingerprint density at radius 2 is 1.58 bits per heavy atom. The lowest BCUT2D eigenvalue weighted by atomic mass is 9.88. The Bertz CT molecular complexity index is 824. The molecule has 0 bridgehead atoms. The highest BCUT2D eigenvalue weighted by Gasteiger charge is 2.35. The summed E-state index contributed by atoms with van der Waals surface area (Å²) in [5.41, 5.74) is 1.51. The second-order valence-corrected chi connectivity index (χ2v) is 7.00. The highest BCUT2D eigenvalue weighted by molar-refractivity contribution is 5.84. The summed E-state index contributed by atoms with van der Waals surface area (Å²) >= 11 is 0. The van der Waals surface area contributed by atoms with Gasteiger partial charge in [0.2, 0.25) is 0 Å². The van der Waals surface area contributed by atoms with E-state index in [-0.39, 0.29) is 19.6 Å². The molecule has 1 N–H and O–H groups in total. The molecular formula is C24H29NO6. The first kappa shape index (κ1) is 23.9. The highest BCUT2D eigenvalue weighted by atomic mass is 16.6. The molecule has 7 heteroatoms. The van der Waals surface area contributed by atoms with Gasteiger partial charge < -0.3 is 19.5 Å². The molecule has 0 saturated carbocycles. The average Bonchev–Trinajstić information content (AvgIpc) is 2.81. The number of carbonyl (C=O) groups excluding carboxylic acids is 3. The molecule has 0 aliphatic rings. The van der Waals surface area contributed by atoms with E-state index in [1.54, 1.807) is 24.3 Å². The van der Waals surface area contributed by atoms with Crippen LogP contribution in [0, 0.1) is 0 Å². The maximum Gasteiger partial charge on any atom is 0.407 e. The first-order valence-corrected chi connectivity index (χ1v) is 10.3. The quantitative estimate of drug-likeness (QED) is 0.331. The van der Waals surface area contributed by atoms with Gasteiger partial charge in [0.25, 0.3) is 0 Å². The number of benzene rings is 2. The summed E-state index contributed by atoms with van der Waals surface area (Å²) in [5.74, 6) is -1.85. The number of esters is 2. The van der Waals surface area contributed by atoms with E-state index in [4.69, 9.17) is 14.2 Å². The minimum absolute atomic E-state index is 0.0441. The lowest BCUT2D eigenvalue weighted by Gasteiger charge is -2.26. The number of alkyl carbamates (subject to hydrolysis) is 1. The third kappa shape index (κ3) is 8.12. The van der Waals surface area contributed by atoms with E-state index in [9.17, 15) is 14.4 Å². The van der Waals surface area contributed by atoms with Gasteiger partial charge in [0.05, 0.1) is 20.1 Å². The smallest absolute Gasteiger partial charge is 0.407 e. The molecule has 0 aliphatic carbocycles. The minimum Gasteiger partial charge on any atom is -0.469 e. The van der Waals surface area contributed by atoms with E-state index in [2.05, 4.69) is 5.32 Å². The Hall–Kier alpha value is -3.35. The number of ether oxygens (including phenoxy) is 3. The van der Waals surface area contributed by atoms with Crippen LogP contribution in [0.4, 0.5) is 4.79 Å². The fourth-order valence-electron chi connectivity index (χ4n) is 3.01. The van der Waals surface area contributed by atoms with Gasteiger partial charge in [-0.2, -0.15) is 0 Å². The third-order valence-electron chi connectivity index (χ3n) is 4.73. The largest absolute Gasteiger partial charge is 0.469 e. The lowest BCUT2D eigenvalue weighted by molar-refractivity contribution is -0.149. The van der Waals surface area contributed by atoms with Crippen molar-refractivity contribution in [2.24, 2.45) is 0 Å². The van der Waals surface area contributed by atoms with E-state index in [1.807, 2.05) is 43.3 Å². The first-order chi connectivity index (χ1) is 15.0. The van der Waals surface area contributed by atoms with E-state index in [1.165, 1.54) is 7.11 Å². The van der Waals surface area contributed by atoms with Crippen LogP contribution in [0.5, 0.6) is 0 Å². The third-order valence-corrected chi connectivity index (χ3v) is 4.73. The Labute approximate surface area is 182 Å². The second-order valence-electron chi connectivity index (χ2n) is 7.00. The van der Waals surface area contributed by atoms with E-state index in [0.29, 0.717) is 12.0 Å². The van der Waals surface area contributed by atoms with Crippen molar-refractivity contribution in [3.05, 3.63) is 71.8 Å². The van der Waals surface area contributed by atoms with Crippen LogP contribution in [-0.4, -0.2) is 37.8 Å². The average molecular weight is 427 g/mol. The Morgan fingerprint density at radius 3 is 2.19 bits per heavy atom. The van der Waals surface area contributed by atoms with Crippen molar-refractivity contribution in [1.82, 2.24) is 5.32 Å². The van der Waals surface area contributed by atoms with Crippen LogP contribution in [0.1, 0.15) is 43.2 Å². The molecule has 0 heterocycles. The summed E-state index contributed by atoms with van der Waals surface area (Å²) in [4.78, 5) is 37.4. The molecule has 7 nitrogen and oxygen atoms in total. The molecule has 31 heavy (non-hydrogen) atoms. The van der Waals surface area contributed by atoms with Gasteiger partial charge >= 0.3 is 18.0 Å². The SMILES string of the molecule is CCCCOC(=O)NC(C(=O)OCc1ccccc1)C(CC(=O)OC)c1ccccc1. The minimum atomic E-state index is -1.13. The number of nitrogens with one attached hydrogen (secondary N) is 1. The fraction of sp³-hybridized carbons (Fsp3) is 0.375. The number of unbranched alkanes of at least 4 members (excludes halogenated alkanes) is 1. The first-order valence-electron chi connectivity index (χ1n) is 10.3. The molecule has 0 aliphatic heterocycles. The zero-order chi connectivity index (χ0) is 22.5.